The molecule has 15 heavy (non-hydrogen) atoms. The van der Waals surface area contributed by atoms with Crippen molar-refractivity contribution in [3.63, 3.8) is 0 Å². The number of para-hydroxylation sites is 1. The summed E-state index contributed by atoms with van der Waals surface area (Å²) in [5.74, 6) is -0.442. The summed E-state index contributed by atoms with van der Waals surface area (Å²) in [6.07, 6.45) is 1.45. The van der Waals surface area contributed by atoms with Crippen LogP contribution in [0.1, 0.15) is 10.4 Å². The van der Waals surface area contributed by atoms with Crippen LogP contribution in [0.3, 0.4) is 0 Å². The number of carbonyl (C=O) groups is 1. The maximum absolute atomic E-state index is 11.4. The largest absolute Gasteiger partial charge is 0.458 e. The van der Waals surface area contributed by atoms with Crippen LogP contribution in [0.4, 0.5) is 0 Å². The Morgan fingerprint density at radius 3 is 2.87 bits per heavy atom. The molecule has 0 heterocycles. The number of ether oxygens (including phenoxy) is 2. The number of carbonyl (C=O) groups excluding carboxylic acids is 2. The molecule has 0 bridgehead atoms. The van der Waals surface area contributed by atoms with Crippen LogP contribution in [0, 0.1) is 0 Å². The lowest BCUT2D eigenvalue weighted by Gasteiger charge is -2.05. The number of rotatable bonds is 5. The fourth-order valence-electron chi connectivity index (χ4n) is 0.982. The van der Waals surface area contributed by atoms with Crippen LogP contribution in [-0.4, -0.2) is 19.0 Å². The molecule has 1 radical (unpaired) electrons. The molecule has 0 N–H and O–H groups in total. The first-order chi connectivity index (χ1) is 7.29. The van der Waals surface area contributed by atoms with E-state index in [2.05, 4.69) is 11.3 Å². The summed E-state index contributed by atoms with van der Waals surface area (Å²) >= 11 is 0. The van der Waals surface area contributed by atoms with Gasteiger partial charge in [-0.15, -0.1) is 0 Å². The van der Waals surface area contributed by atoms with Crippen molar-refractivity contribution < 1.29 is 19.1 Å². The molecule has 77 valence electrons. The van der Waals surface area contributed by atoms with Crippen LogP contribution in [0.2, 0.25) is 0 Å². The fourth-order valence-corrected chi connectivity index (χ4v) is 0.982. The maximum atomic E-state index is 11.4. The van der Waals surface area contributed by atoms with Crippen molar-refractivity contribution in [1.82, 2.24) is 0 Å². The normalized spacial score (nSPS) is 9.07. The lowest BCUT2D eigenvalue weighted by atomic mass is 10.2. The zero-order valence-corrected chi connectivity index (χ0v) is 7.93. The first kappa shape index (κ1) is 11.0. The van der Waals surface area contributed by atoms with Crippen molar-refractivity contribution in [3.8, 4) is 5.75 Å². The van der Waals surface area contributed by atoms with Crippen LogP contribution < -0.4 is 4.74 Å². The Kier molecular flexibility index (Phi) is 4.09. The van der Waals surface area contributed by atoms with E-state index in [1.807, 2.05) is 0 Å². The first-order valence-electron chi connectivity index (χ1n) is 4.20. The van der Waals surface area contributed by atoms with Gasteiger partial charge in [0.15, 0.2) is 0 Å². The van der Waals surface area contributed by atoms with Gasteiger partial charge in [0.25, 0.3) is 0 Å². The third-order valence-electron chi connectivity index (χ3n) is 1.59. The van der Waals surface area contributed by atoms with E-state index in [4.69, 9.17) is 4.74 Å². The molecule has 0 saturated carbocycles. The minimum absolute atomic E-state index is 0.109. The van der Waals surface area contributed by atoms with Crippen LogP contribution in [-0.2, 0) is 9.53 Å². The van der Waals surface area contributed by atoms with Crippen molar-refractivity contribution in [1.29, 1.82) is 0 Å². The molecule has 0 saturated heterocycles. The van der Waals surface area contributed by atoms with E-state index in [1.54, 1.807) is 12.1 Å². The molecule has 0 fully saturated rings. The van der Waals surface area contributed by atoms with E-state index >= 15 is 0 Å². The monoisotopic (exact) mass is 205 g/mol. The summed E-state index contributed by atoms with van der Waals surface area (Å²) in [6, 6.07) is 6.26. The predicted molar refractivity (Wildman–Crippen MR) is 53.2 cm³/mol. The Balaban J connectivity index is 2.86. The second-order valence-electron chi connectivity index (χ2n) is 2.57. The Morgan fingerprint density at radius 2 is 2.20 bits per heavy atom. The highest BCUT2D eigenvalue weighted by Crippen LogP contribution is 2.18. The van der Waals surface area contributed by atoms with E-state index in [-0.39, 0.29) is 17.9 Å². The molecular weight excluding hydrogens is 196 g/mol. The topological polar surface area (TPSA) is 52.6 Å². The van der Waals surface area contributed by atoms with E-state index < -0.39 is 5.97 Å². The van der Waals surface area contributed by atoms with Gasteiger partial charge >= 0.3 is 12.4 Å². The highest BCUT2D eigenvalue weighted by atomic mass is 16.5. The minimum atomic E-state index is -0.569. The van der Waals surface area contributed by atoms with Crippen LogP contribution in [0.5, 0.6) is 5.75 Å². The van der Waals surface area contributed by atoms with Crippen molar-refractivity contribution in [2.75, 3.05) is 6.61 Å². The summed E-state index contributed by atoms with van der Waals surface area (Å²) in [5, 5.41) is 0. The highest BCUT2D eigenvalue weighted by molar-refractivity contribution is 5.92. The highest BCUT2D eigenvalue weighted by Gasteiger charge is 2.12. The average molecular weight is 205 g/mol. The third-order valence-corrected chi connectivity index (χ3v) is 1.59. The number of benzene rings is 1. The molecule has 0 aromatic heterocycles. The fraction of sp³-hybridized carbons (Fsp3) is 0.0909. The molecule has 0 unspecified atom stereocenters. The smallest absolute Gasteiger partial charge is 0.423 e. The molecule has 4 nitrogen and oxygen atoms in total. The van der Waals surface area contributed by atoms with Crippen molar-refractivity contribution in [2.24, 2.45) is 0 Å². The lowest BCUT2D eigenvalue weighted by molar-refractivity contribution is 0.0547. The quantitative estimate of drug-likeness (QED) is 0.539. The number of hydrogen-bond acceptors (Lipinski definition) is 4. The van der Waals surface area contributed by atoms with Crippen molar-refractivity contribution in [3.05, 3.63) is 42.5 Å². The van der Waals surface area contributed by atoms with Gasteiger partial charge in [-0.25, -0.2) is 9.59 Å². The van der Waals surface area contributed by atoms with E-state index in [9.17, 15) is 9.59 Å². The Morgan fingerprint density at radius 1 is 1.47 bits per heavy atom. The standard InChI is InChI=1S/C11H9O4/c1-2-7-14-11(13)9-5-3-4-6-10(9)15-8-12/h2-6H,1,7H2. The zero-order chi connectivity index (χ0) is 11.1. The molecule has 1 aromatic carbocycles. The molecule has 0 aliphatic carbocycles. The summed E-state index contributed by atoms with van der Waals surface area (Å²) in [7, 11) is 0. The van der Waals surface area contributed by atoms with Gasteiger partial charge in [0, 0.05) is 0 Å². The van der Waals surface area contributed by atoms with Gasteiger partial charge in [0.2, 0.25) is 0 Å². The molecule has 0 aliphatic heterocycles. The summed E-state index contributed by atoms with van der Waals surface area (Å²) < 4.78 is 9.30. The molecular formula is C11H9O4. The van der Waals surface area contributed by atoms with Crippen LogP contribution in [0.15, 0.2) is 36.9 Å². The summed E-state index contributed by atoms with van der Waals surface area (Å²) in [5.41, 5.74) is 0.183. The van der Waals surface area contributed by atoms with Crippen LogP contribution >= 0.6 is 0 Å². The number of esters is 1. The Hall–Kier alpha value is -2.10. The molecule has 0 atom stereocenters. The van der Waals surface area contributed by atoms with Gasteiger partial charge in [-0.1, -0.05) is 24.8 Å². The molecule has 0 amide bonds. The lowest BCUT2D eigenvalue weighted by Crippen LogP contribution is -2.07. The van der Waals surface area contributed by atoms with Crippen molar-refractivity contribution >= 4 is 12.4 Å². The van der Waals surface area contributed by atoms with Gasteiger partial charge in [0.1, 0.15) is 17.9 Å². The molecule has 0 aliphatic rings. The molecule has 4 heteroatoms. The van der Waals surface area contributed by atoms with E-state index in [1.165, 1.54) is 24.7 Å². The van der Waals surface area contributed by atoms with Gasteiger partial charge in [-0.05, 0) is 12.1 Å². The maximum Gasteiger partial charge on any atom is 0.423 e. The zero-order valence-electron chi connectivity index (χ0n) is 7.93. The minimum Gasteiger partial charge on any atom is -0.458 e. The van der Waals surface area contributed by atoms with Gasteiger partial charge in [0.05, 0.1) is 0 Å². The van der Waals surface area contributed by atoms with Gasteiger partial charge in [-0.2, -0.15) is 0 Å². The molecule has 0 spiro atoms. The van der Waals surface area contributed by atoms with E-state index in [0.717, 1.165) is 0 Å². The average Bonchev–Trinajstić information content (AvgIpc) is 2.27. The molecule has 1 aromatic rings. The predicted octanol–water partition coefficient (Wildman–Crippen LogP) is 1.48. The van der Waals surface area contributed by atoms with Crippen LogP contribution in [0.25, 0.3) is 0 Å². The molecule has 1 rings (SSSR count). The first-order valence-corrected chi connectivity index (χ1v) is 4.20. The van der Waals surface area contributed by atoms with Gasteiger partial charge < -0.3 is 9.47 Å². The number of hydrogen-bond donors (Lipinski definition) is 0. The second kappa shape index (κ2) is 5.59. The summed E-state index contributed by atoms with van der Waals surface area (Å²) in [4.78, 5) is 21.5. The van der Waals surface area contributed by atoms with E-state index in [0.29, 0.717) is 0 Å². The summed E-state index contributed by atoms with van der Waals surface area (Å²) in [6.45, 7) is 4.78. The van der Waals surface area contributed by atoms with Gasteiger partial charge in [-0.3, -0.25) is 0 Å². The second-order valence-corrected chi connectivity index (χ2v) is 2.57. The van der Waals surface area contributed by atoms with Crippen molar-refractivity contribution in [2.45, 2.75) is 0 Å². The third kappa shape index (κ3) is 2.95. The Labute approximate surface area is 87.1 Å². The SMILES string of the molecule is C=CCOC(=O)c1ccccc1O[C]=O. The Bertz CT molecular complexity index is 371.